The lowest BCUT2D eigenvalue weighted by molar-refractivity contribution is 0.103. The van der Waals surface area contributed by atoms with E-state index in [2.05, 4.69) is 0 Å². The molecule has 4 heteroatoms. The van der Waals surface area contributed by atoms with Crippen LogP contribution in [0.15, 0.2) is 88.1 Å². The largest absolute Gasteiger partial charge is 0.422 e. The maximum Gasteiger partial charge on any atom is 0.348 e. The second-order valence-corrected chi connectivity index (χ2v) is 6.28. The maximum atomic E-state index is 13.1. The van der Waals surface area contributed by atoms with Crippen molar-refractivity contribution < 1.29 is 9.21 Å². The fourth-order valence-corrected chi connectivity index (χ4v) is 3.19. The molecule has 0 saturated heterocycles. The highest BCUT2D eigenvalue weighted by molar-refractivity contribution is 6.31. The van der Waals surface area contributed by atoms with Crippen LogP contribution in [0.1, 0.15) is 15.9 Å². The van der Waals surface area contributed by atoms with Crippen LogP contribution in [-0.2, 0) is 0 Å². The quantitative estimate of drug-likeness (QED) is 0.366. The molecule has 0 aliphatic carbocycles. The minimum Gasteiger partial charge on any atom is -0.422 e. The number of rotatable bonds is 3. The zero-order chi connectivity index (χ0) is 18.1. The molecule has 0 radical (unpaired) electrons. The van der Waals surface area contributed by atoms with Crippen molar-refractivity contribution in [2.24, 2.45) is 0 Å². The van der Waals surface area contributed by atoms with E-state index >= 15 is 0 Å². The van der Waals surface area contributed by atoms with Crippen molar-refractivity contribution in [3.8, 4) is 11.1 Å². The van der Waals surface area contributed by atoms with Crippen LogP contribution in [0.3, 0.4) is 0 Å². The van der Waals surface area contributed by atoms with Gasteiger partial charge in [-0.3, -0.25) is 4.79 Å². The number of benzene rings is 3. The van der Waals surface area contributed by atoms with E-state index in [4.69, 9.17) is 16.0 Å². The van der Waals surface area contributed by atoms with Crippen LogP contribution in [-0.4, -0.2) is 5.78 Å². The Morgan fingerprint density at radius 3 is 2.19 bits per heavy atom. The summed E-state index contributed by atoms with van der Waals surface area (Å²) in [5, 5.41) is 1.13. The molecule has 0 aliphatic rings. The molecule has 0 unspecified atom stereocenters. The van der Waals surface area contributed by atoms with Gasteiger partial charge in [0.1, 0.15) is 11.1 Å². The second-order valence-electron chi connectivity index (χ2n) is 5.84. The van der Waals surface area contributed by atoms with Crippen molar-refractivity contribution in [2.75, 3.05) is 0 Å². The summed E-state index contributed by atoms with van der Waals surface area (Å²) in [6.45, 7) is 0. The first kappa shape index (κ1) is 16.3. The van der Waals surface area contributed by atoms with Gasteiger partial charge in [0.15, 0.2) is 0 Å². The first-order valence-corrected chi connectivity index (χ1v) is 8.44. The minimum absolute atomic E-state index is 0.0113. The predicted octanol–water partition coefficient (Wildman–Crippen LogP) is 5.34. The molecule has 0 amide bonds. The number of carbonyl (C=O) groups excluding carboxylic acids is 1. The SMILES string of the molecule is O=C(c1ccccc1)c1c(-c2ccccc2)c2cc(Cl)ccc2oc1=O. The van der Waals surface area contributed by atoms with Crippen LogP contribution in [0.25, 0.3) is 22.1 Å². The van der Waals surface area contributed by atoms with E-state index in [9.17, 15) is 9.59 Å². The Morgan fingerprint density at radius 1 is 0.846 bits per heavy atom. The van der Waals surface area contributed by atoms with Gasteiger partial charge in [0.25, 0.3) is 0 Å². The second kappa shape index (κ2) is 6.62. The van der Waals surface area contributed by atoms with E-state index in [-0.39, 0.29) is 11.3 Å². The highest BCUT2D eigenvalue weighted by atomic mass is 35.5. The summed E-state index contributed by atoms with van der Waals surface area (Å²) in [7, 11) is 0. The summed E-state index contributed by atoms with van der Waals surface area (Å²) in [6, 6.07) is 23.0. The lowest BCUT2D eigenvalue weighted by Gasteiger charge is -2.11. The molecule has 3 nitrogen and oxygen atoms in total. The van der Waals surface area contributed by atoms with Gasteiger partial charge in [-0.15, -0.1) is 0 Å². The maximum absolute atomic E-state index is 13.1. The number of hydrogen-bond donors (Lipinski definition) is 0. The highest BCUT2D eigenvalue weighted by Gasteiger charge is 2.23. The van der Waals surface area contributed by atoms with Gasteiger partial charge in [0.2, 0.25) is 5.78 Å². The van der Waals surface area contributed by atoms with E-state index in [1.807, 2.05) is 36.4 Å². The van der Waals surface area contributed by atoms with Gasteiger partial charge in [-0.2, -0.15) is 0 Å². The highest BCUT2D eigenvalue weighted by Crippen LogP contribution is 2.33. The standard InChI is InChI=1S/C22H13ClO3/c23-16-11-12-18-17(13-16)19(14-7-3-1-4-8-14)20(22(25)26-18)21(24)15-9-5-2-6-10-15/h1-13H. The molecule has 0 atom stereocenters. The molecule has 4 rings (SSSR count). The van der Waals surface area contributed by atoms with Gasteiger partial charge in [-0.25, -0.2) is 4.79 Å². The molecule has 1 aromatic heterocycles. The molecular formula is C22H13ClO3. The van der Waals surface area contributed by atoms with Gasteiger partial charge in [0.05, 0.1) is 0 Å². The summed E-state index contributed by atoms with van der Waals surface area (Å²) in [5.41, 5.74) is 1.46. The Labute approximate surface area is 154 Å². The number of ketones is 1. The van der Waals surface area contributed by atoms with E-state index in [1.165, 1.54) is 0 Å². The van der Waals surface area contributed by atoms with Crippen molar-refractivity contribution in [3.63, 3.8) is 0 Å². The van der Waals surface area contributed by atoms with Crippen LogP contribution in [0, 0.1) is 0 Å². The molecule has 0 bridgehead atoms. The molecule has 3 aromatic carbocycles. The van der Waals surface area contributed by atoms with E-state index < -0.39 is 5.63 Å². The first-order chi connectivity index (χ1) is 12.6. The van der Waals surface area contributed by atoms with Crippen LogP contribution >= 0.6 is 11.6 Å². The normalized spacial score (nSPS) is 10.8. The van der Waals surface area contributed by atoms with E-state index in [1.54, 1.807) is 42.5 Å². The van der Waals surface area contributed by atoms with Gasteiger partial charge in [-0.05, 0) is 23.8 Å². The molecule has 4 aromatic rings. The summed E-state index contributed by atoms with van der Waals surface area (Å²) in [5.74, 6) is -0.375. The molecule has 0 aliphatic heterocycles. The first-order valence-electron chi connectivity index (χ1n) is 8.06. The molecule has 0 saturated carbocycles. The molecular weight excluding hydrogens is 348 g/mol. The number of fused-ring (bicyclic) bond motifs is 1. The van der Waals surface area contributed by atoms with Crippen molar-refractivity contribution >= 4 is 28.4 Å². The Hall–Kier alpha value is -3.17. The molecule has 0 spiro atoms. The zero-order valence-electron chi connectivity index (χ0n) is 13.6. The Morgan fingerprint density at radius 2 is 1.50 bits per heavy atom. The monoisotopic (exact) mass is 360 g/mol. The topological polar surface area (TPSA) is 47.3 Å². The molecule has 0 N–H and O–H groups in total. The fraction of sp³-hybridized carbons (Fsp3) is 0. The van der Waals surface area contributed by atoms with Crippen LogP contribution in [0.4, 0.5) is 0 Å². The Balaban J connectivity index is 2.11. The third kappa shape index (κ3) is 2.83. The van der Waals surface area contributed by atoms with E-state index in [0.29, 0.717) is 27.1 Å². The van der Waals surface area contributed by atoms with Gasteiger partial charge in [-0.1, -0.05) is 72.3 Å². The van der Waals surface area contributed by atoms with Crippen molar-refractivity contribution in [1.82, 2.24) is 0 Å². The predicted molar refractivity (Wildman–Crippen MR) is 103 cm³/mol. The number of hydrogen-bond acceptors (Lipinski definition) is 3. The molecule has 1 heterocycles. The van der Waals surface area contributed by atoms with Crippen molar-refractivity contribution in [1.29, 1.82) is 0 Å². The third-order valence-corrected chi connectivity index (χ3v) is 4.43. The Kier molecular flexibility index (Phi) is 4.15. The fourth-order valence-electron chi connectivity index (χ4n) is 3.02. The van der Waals surface area contributed by atoms with Crippen LogP contribution < -0.4 is 5.63 Å². The third-order valence-electron chi connectivity index (χ3n) is 4.19. The number of carbonyl (C=O) groups is 1. The van der Waals surface area contributed by atoms with Crippen molar-refractivity contribution in [3.05, 3.63) is 105 Å². The minimum atomic E-state index is -0.660. The smallest absolute Gasteiger partial charge is 0.348 e. The van der Waals surface area contributed by atoms with Gasteiger partial charge >= 0.3 is 5.63 Å². The molecule has 126 valence electrons. The van der Waals surface area contributed by atoms with Crippen LogP contribution in [0.5, 0.6) is 0 Å². The van der Waals surface area contributed by atoms with E-state index in [0.717, 1.165) is 5.56 Å². The molecule has 0 fully saturated rings. The summed E-state index contributed by atoms with van der Waals surface area (Å²) in [6.07, 6.45) is 0. The lowest BCUT2D eigenvalue weighted by atomic mass is 9.92. The molecule has 26 heavy (non-hydrogen) atoms. The average Bonchev–Trinajstić information content (AvgIpc) is 2.68. The number of halogens is 1. The van der Waals surface area contributed by atoms with Crippen LogP contribution in [0.2, 0.25) is 5.02 Å². The summed E-state index contributed by atoms with van der Waals surface area (Å²) < 4.78 is 5.42. The van der Waals surface area contributed by atoms with Crippen molar-refractivity contribution in [2.45, 2.75) is 0 Å². The van der Waals surface area contributed by atoms with Gasteiger partial charge < -0.3 is 4.42 Å². The summed E-state index contributed by atoms with van der Waals surface area (Å²) >= 11 is 6.16. The average molecular weight is 361 g/mol. The Bertz CT molecular complexity index is 1160. The zero-order valence-corrected chi connectivity index (χ0v) is 14.4. The van der Waals surface area contributed by atoms with Gasteiger partial charge in [0, 0.05) is 21.5 Å². The summed E-state index contributed by atoms with van der Waals surface area (Å²) in [4.78, 5) is 25.8. The lowest BCUT2D eigenvalue weighted by Crippen LogP contribution is -2.17.